The molecule has 0 unspecified atom stereocenters. The van der Waals surface area contributed by atoms with Crippen molar-refractivity contribution in [1.29, 1.82) is 0 Å². The zero-order valence-corrected chi connectivity index (χ0v) is 14.3. The van der Waals surface area contributed by atoms with Crippen LogP contribution in [0.4, 0.5) is 0 Å². The van der Waals surface area contributed by atoms with Crippen molar-refractivity contribution in [3.63, 3.8) is 0 Å². The number of carbonyl (C=O) groups is 1. The van der Waals surface area contributed by atoms with E-state index in [1.165, 1.54) is 15.9 Å². The van der Waals surface area contributed by atoms with Crippen LogP contribution in [0.15, 0.2) is 91.0 Å². The molecule has 116 valence electrons. The van der Waals surface area contributed by atoms with Gasteiger partial charge in [0.1, 0.15) is 6.29 Å². The summed E-state index contributed by atoms with van der Waals surface area (Å²) >= 11 is 4.82. The predicted molar refractivity (Wildman–Crippen MR) is 102 cm³/mol. The Morgan fingerprint density at radius 3 is 1.13 bits per heavy atom. The van der Waals surface area contributed by atoms with Gasteiger partial charge in [-0.05, 0) is 23.8 Å². The van der Waals surface area contributed by atoms with Crippen LogP contribution >= 0.6 is 19.5 Å². The number of halogens is 1. The number of carbonyl (C=O) groups excluding carboxylic acids is 1. The predicted octanol–water partition coefficient (Wildman–Crippen LogP) is 3.87. The highest BCUT2D eigenvalue weighted by molar-refractivity contribution is 7.79. The van der Waals surface area contributed by atoms with Gasteiger partial charge in [0.25, 0.3) is 0 Å². The minimum Gasteiger partial charge on any atom is -0.302 e. The SMILES string of the molecule is O=CCCl.c1ccc(P(c2ccccc2)c2ccccc2)cc1. The molecule has 0 amide bonds. The van der Waals surface area contributed by atoms with Crippen molar-refractivity contribution in [3.05, 3.63) is 91.0 Å². The third-order valence-corrected chi connectivity index (χ3v) is 5.68. The fourth-order valence-electron chi connectivity index (χ4n) is 2.18. The Kier molecular flexibility index (Phi) is 7.52. The van der Waals surface area contributed by atoms with Crippen molar-refractivity contribution in [1.82, 2.24) is 0 Å². The van der Waals surface area contributed by atoms with E-state index in [1.807, 2.05) is 0 Å². The Labute approximate surface area is 143 Å². The molecule has 0 N–H and O–H groups in total. The molecule has 0 fully saturated rings. The Hall–Kier alpha value is -1.95. The van der Waals surface area contributed by atoms with E-state index in [2.05, 4.69) is 91.0 Å². The molecule has 0 atom stereocenters. The van der Waals surface area contributed by atoms with E-state index in [4.69, 9.17) is 16.4 Å². The van der Waals surface area contributed by atoms with Gasteiger partial charge in [-0.3, -0.25) is 0 Å². The normalized spacial score (nSPS) is 9.83. The Bertz CT molecular complexity index is 593. The molecule has 0 aliphatic heterocycles. The van der Waals surface area contributed by atoms with Crippen LogP contribution in [-0.4, -0.2) is 12.2 Å². The molecule has 0 spiro atoms. The second kappa shape index (κ2) is 9.94. The molecule has 0 saturated carbocycles. The third kappa shape index (κ3) is 5.32. The summed E-state index contributed by atoms with van der Waals surface area (Å²) in [4.78, 5) is 9.04. The molecule has 0 saturated heterocycles. The zero-order chi connectivity index (χ0) is 16.3. The summed E-state index contributed by atoms with van der Waals surface area (Å²) in [5.41, 5.74) is 0. The number of alkyl halides is 1. The summed E-state index contributed by atoms with van der Waals surface area (Å²) in [6.07, 6.45) is 0.640. The summed E-state index contributed by atoms with van der Waals surface area (Å²) in [7, 11) is -0.446. The lowest BCUT2D eigenvalue weighted by Crippen LogP contribution is -2.20. The van der Waals surface area contributed by atoms with Gasteiger partial charge in [-0.15, -0.1) is 11.6 Å². The van der Waals surface area contributed by atoms with Crippen LogP contribution in [0.25, 0.3) is 0 Å². The first-order chi connectivity index (χ1) is 11.4. The van der Waals surface area contributed by atoms with Crippen LogP contribution in [-0.2, 0) is 4.79 Å². The Balaban J connectivity index is 0.000000433. The van der Waals surface area contributed by atoms with Crippen LogP contribution in [0, 0.1) is 0 Å². The van der Waals surface area contributed by atoms with Gasteiger partial charge >= 0.3 is 0 Å². The fourth-order valence-corrected chi connectivity index (χ4v) is 4.48. The molecule has 0 aliphatic carbocycles. The monoisotopic (exact) mass is 340 g/mol. The summed E-state index contributed by atoms with van der Waals surface area (Å²) in [6.45, 7) is 0. The first-order valence-electron chi connectivity index (χ1n) is 7.31. The minimum absolute atomic E-state index is 0.111. The van der Waals surface area contributed by atoms with Crippen molar-refractivity contribution >= 4 is 41.7 Å². The molecule has 0 bridgehead atoms. The van der Waals surface area contributed by atoms with Crippen LogP contribution in [0.3, 0.4) is 0 Å². The molecule has 3 aromatic carbocycles. The molecule has 3 aromatic rings. The maximum absolute atomic E-state index is 9.04. The molecular weight excluding hydrogens is 323 g/mol. The second-order valence-electron chi connectivity index (χ2n) is 4.66. The first kappa shape index (κ1) is 17.4. The highest BCUT2D eigenvalue weighted by atomic mass is 35.5. The number of hydrogen-bond donors (Lipinski definition) is 0. The topological polar surface area (TPSA) is 17.1 Å². The maximum Gasteiger partial charge on any atom is 0.134 e. The second-order valence-corrected chi connectivity index (χ2v) is 7.19. The fraction of sp³-hybridized carbons (Fsp3) is 0.0500. The molecule has 23 heavy (non-hydrogen) atoms. The molecule has 0 radical (unpaired) electrons. The summed E-state index contributed by atoms with van der Waals surface area (Å²) in [5.74, 6) is 0.111. The standard InChI is InChI=1S/C18H15P.C2H3ClO/c1-4-10-16(11-5-1)19(17-12-6-2-7-13-17)18-14-8-3-9-15-18;3-1-2-4/h1-15H;2H,1H2. The Morgan fingerprint density at radius 2 is 0.913 bits per heavy atom. The lowest BCUT2D eigenvalue weighted by atomic mass is 10.4. The van der Waals surface area contributed by atoms with E-state index in [-0.39, 0.29) is 5.88 Å². The summed E-state index contributed by atoms with van der Waals surface area (Å²) in [5, 5.41) is 4.19. The Morgan fingerprint density at radius 1 is 0.652 bits per heavy atom. The highest BCUT2D eigenvalue weighted by Crippen LogP contribution is 2.32. The van der Waals surface area contributed by atoms with Crippen LogP contribution < -0.4 is 15.9 Å². The quantitative estimate of drug-likeness (QED) is 0.400. The smallest absolute Gasteiger partial charge is 0.134 e. The molecular formula is C20H18ClOP. The van der Waals surface area contributed by atoms with Gasteiger partial charge < -0.3 is 4.79 Å². The lowest BCUT2D eigenvalue weighted by Gasteiger charge is -2.18. The maximum atomic E-state index is 9.04. The van der Waals surface area contributed by atoms with E-state index in [9.17, 15) is 0 Å². The van der Waals surface area contributed by atoms with Gasteiger partial charge in [-0.2, -0.15) is 0 Å². The summed E-state index contributed by atoms with van der Waals surface area (Å²) < 4.78 is 0. The minimum atomic E-state index is -0.446. The molecule has 3 rings (SSSR count). The van der Waals surface area contributed by atoms with E-state index < -0.39 is 7.92 Å². The van der Waals surface area contributed by atoms with E-state index in [0.717, 1.165) is 0 Å². The van der Waals surface area contributed by atoms with Crippen molar-refractivity contribution < 1.29 is 4.79 Å². The van der Waals surface area contributed by atoms with Crippen molar-refractivity contribution in [2.75, 3.05) is 5.88 Å². The molecule has 0 aromatic heterocycles. The van der Waals surface area contributed by atoms with Gasteiger partial charge in [0.05, 0.1) is 5.88 Å². The number of benzene rings is 3. The van der Waals surface area contributed by atoms with Crippen LogP contribution in [0.1, 0.15) is 0 Å². The van der Waals surface area contributed by atoms with E-state index in [1.54, 1.807) is 0 Å². The van der Waals surface area contributed by atoms with Crippen LogP contribution in [0.5, 0.6) is 0 Å². The summed E-state index contributed by atoms with van der Waals surface area (Å²) in [6, 6.07) is 32.3. The average Bonchev–Trinajstić information content (AvgIpc) is 2.65. The first-order valence-corrected chi connectivity index (χ1v) is 9.19. The van der Waals surface area contributed by atoms with Crippen molar-refractivity contribution in [2.45, 2.75) is 0 Å². The number of hydrogen-bond acceptors (Lipinski definition) is 1. The van der Waals surface area contributed by atoms with Gasteiger partial charge in [-0.1, -0.05) is 91.0 Å². The average molecular weight is 341 g/mol. The van der Waals surface area contributed by atoms with Gasteiger partial charge in [0, 0.05) is 0 Å². The largest absolute Gasteiger partial charge is 0.302 e. The molecule has 3 heteroatoms. The van der Waals surface area contributed by atoms with E-state index >= 15 is 0 Å². The number of rotatable bonds is 4. The van der Waals surface area contributed by atoms with Gasteiger partial charge in [-0.25, -0.2) is 0 Å². The van der Waals surface area contributed by atoms with E-state index in [0.29, 0.717) is 6.29 Å². The van der Waals surface area contributed by atoms with Gasteiger partial charge in [0.2, 0.25) is 0 Å². The van der Waals surface area contributed by atoms with Gasteiger partial charge in [0.15, 0.2) is 0 Å². The zero-order valence-electron chi connectivity index (χ0n) is 12.7. The van der Waals surface area contributed by atoms with Crippen LogP contribution in [0.2, 0.25) is 0 Å². The van der Waals surface area contributed by atoms with Crippen molar-refractivity contribution in [2.24, 2.45) is 0 Å². The molecule has 0 heterocycles. The number of aldehydes is 1. The molecule has 0 aliphatic rings. The lowest BCUT2D eigenvalue weighted by molar-refractivity contribution is -0.105. The third-order valence-electron chi connectivity index (χ3n) is 3.11. The van der Waals surface area contributed by atoms with Crippen molar-refractivity contribution in [3.8, 4) is 0 Å². The highest BCUT2D eigenvalue weighted by Gasteiger charge is 2.14. The molecule has 1 nitrogen and oxygen atoms in total.